The number of carbonyl (C=O) groups excluding carboxylic acids is 2. The Bertz CT molecular complexity index is 413. The molecule has 0 spiro atoms. The summed E-state index contributed by atoms with van der Waals surface area (Å²) in [4.78, 5) is 23.8. The van der Waals surface area contributed by atoms with E-state index in [1.807, 2.05) is 58.6 Å². The SMILES string of the molecule is C=O.C=O.CC.CNc1ncccn1.Cc1ccc(N)cc1. The molecule has 1 aromatic carbocycles. The van der Waals surface area contributed by atoms with Crippen molar-refractivity contribution >= 4 is 25.2 Å². The molecule has 0 aliphatic heterocycles. The molecule has 22 heavy (non-hydrogen) atoms. The number of aromatic nitrogens is 2. The zero-order valence-corrected chi connectivity index (χ0v) is 13.7. The van der Waals surface area contributed by atoms with Crippen molar-refractivity contribution in [1.29, 1.82) is 0 Å². The zero-order chi connectivity index (χ0) is 17.8. The largest absolute Gasteiger partial charge is 0.399 e. The molecule has 0 amide bonds. The quantitative estimate of drug-likeness (QED) is 0.786. The van der Waals surface area contributed by atoms with Crippen LogP contribution in [0.3, 0.4) is 0 Å². The lowest BCUT2D eigenvalue weighted by Crippen LogP contribution is -1.92. The van der Waals surface area contributed by atoms with Gasteiger partial charge >= 0.3 is 0 Å². The average Bonchev–Trinajstić information content (AvgIpc) is 2.64. The molecule has 1 heterocycles. The highest BCUT2D eigenvalue weighted by Gasteiger charge is 1.81. The number of nitrogen functional groups attached to an aromatic ring is 1. The molecular weight excluding hydrogens is 280 g/mol. The van der Waals surface area contributed by atoms with Gasteiger partial charge in [-0.25, -0.2) is 9.97 Å². The summed E-state index contributed by atoms with van der Waals surface area (Å²) in [5.74, 6) is 0.660. The molecule has 6 nitrogen and oxygen atoms in total. The number of benzene rings is 1. The van der Waals surface area contributed by atoms with Gasteiger partial charge in [0.2, 0.25) is 5.95 Å². The first-order valence-corrected chi connectivity index (χ1v) is 6.57. The molecule has 1 aromatic heterocycles. The van der Waals surface area contributed by atoms with Gasteiger partial charge < -0.3 is 20.6 Å². The molecule has 0 unspecified atom stereocenters. The second kappa shape index (κ2) is 20.6. The number of hydrogen-bond donors (Lipinski definition) is 2. The predicted molar refractivity (Wildman–Crippen MR) is 92.8 cm³/mol. The summed E-state index contributed by atoms with van der Waals surface area (Å²) in [6.07, 6.45) is 3.39. The number of aryl methyl sites for hydroxylation is 1. The van der Waals surface area contributed by atoms with Gasteiger partial charge in [0.05, 0.1) is 0 Å². The number of rotatable bonds is 1. The molecule has 0 fully saturated rings. The fourth-order valence-corrected chi connectivity index (χ4v) is 0.995. The van der Waals surface area contributed by atoms with E-state index in [1.54, 1.807) is 25.5 Å². The Morgan fingerprint density at radius 1 is 0.955 bits per heavy atom. The van der Waals surface area contributed by atoms with E-state index < -0.39 is 0 Å². The molecule has 0 bridgehead atoms. The summed E-state index contributed by atoms with van der Waals surface area (Å²) >= 11 is 0. The van der Waals surface area contributed by atoms with E-state index in [9.17, 15) is 0 Å². The summed E-state index contributed by atoms with van der Waals surface area (Å²) < 4.78 is 0. The fraction of sp³-hybridized carbons (Fsp3) is 0.250. The van der Waals surface area contributed by atoms with Gasteiger partial charge in [-0.1, -0.05) is 31.5 Å². The van der Waals surface area contributed by atoms with Crippen LogP contribution in [0, 0.1) is 6.92 Å². The van der Waals surface area contributed by atoms with E-state index >= 15 is 0 Å². The highest BCUT2D eigenvalue weighted by atomic mass is 16.1. The second-order valence-corrected chi connectivity index (χ2v) is 3.23. The van der Waals surface area contributed by atoms with Crippen LogP contribution in [0.15, 0.2) is 42.7 Å². The zero-order valence-electron chi connectivity index (χ0n) is 13.7. The monoisotopic (exact) mass is 306 g/mol. The van der Waals surface area contributed by atoms with Crippen molar-refractivity contribution in [2.24, 2.45) is 0 Å². The van der Waals surface area contributed by atoms with Gasteiger partial charge in [0.25, 0.3) is 0 Å². The number of carbonyl (C=O) groups is 2. The van der Waals surface area contributed by atoms with Crippen LogP contribution < -0.4 is 11.1 Å². The lowest BCUT2D eigenvalue weighted by molar-refractivity contribution is -0.0987. The Kier molecular flexibility index (Phi) is 22.7. The van der Waals surface area contributed by atoms with E-state index in [2.05, 4.69) is 15.3 Å². The first kappa shape index (κ1) is 24.3. The van der Waals surface area contributed by atoms with E-state index in [0.29, 0.717) is 5.95 Å². The van der Waals surface area contributed by atoms with Crippen molar-refractivity contribution in [1.82, 2.24) is 9.97 Å². The minimum absolute atomic E-state index is 0.660. The maximum atomic E-state index is 8.00. The van der Waals surface area contributed by atoms with Gasteiger partial charge in [-0.3, -0.25) is 0 Å². The molecule has 0 atom stereocenters. The molecule has 0 aliphatic carbocycles. The Morgan fingerprint density at radius 3 is 1.64 bits per heavy atom. The summed E-state index contributed by atoms with van der Waals surface area (Å²) in [6.45, 7) is 10.0. The van der Waals surface area contributed by atoms with Gasteiger partial charge in [0.1, 0.15) is 13.6 Å². The highest BCUT2D eigenvalue weighted by Crippen LogP contribution is 2.02. The minimum atomic E-state index is 0.660. The molecule has 3 N–H and O–H groups in total. The molecule has 0 radical (unpaired) electrons. The third-order valence-corrected chi connectivity index (χ3v) is 1.87. The van der Waals surface area contributed by atoms with Crippen LogP contribution in [0.25, 0.3) is 0 Å². The normalized spacial score (nSPS) is 7.09. The number of hydrogen-bond acceptors (Lipinski definition) is 6. The van der Waals surface area contributed by atoms with Crippen LogP contribution in [0.5, 0.6) is 0 Å². The van der Waals surface area contributed by atoms with Crippen molar-refractivity contribution < 1.29 is 9.59 Å². The maximum absolute atomic E-state index is 8.00. The number of anilines is 2. The average molecular weight is 306 g/mol. The van der Waals surface area contributed by atoms with E-state index in [-0.39, 0.29) is 0 Å². The molecule has 6 heteroatoms. The van der Waals surface area contributed by atoms with Gasteiger partial charge in [0.15, 0.2) is 0 Å². The number of nitrogens with one attached hydrogen (secondary N) is 1. The molecule has 0 aliphatic rings. The lowest BCUT2D eigenvalue weighted by atomic mass is 10.2. The topological polar surface area (TPSA) is 98.0 Å². The van der Waals surface area contributed by atoms with Gasteiger partial charge in [-0.2, -0.15) is 0 Å². The van der Waals surface area contributed by atoms with Crippen molar-refractivity contribution in [3.8, 4) is 0 Å². The maximum Gasteiger partial charge on any atom is 0.222 e. The number of nitrogens with two attached hydrogens (primary N) is 1. The Hall–Kier alpha value is -2.76. The van der Waals surface area contributed by atoms with Gasteiger partial charge in [-0.05, 0) is 25.1 Å². The summed E-state index contributed by atoms with van der Waals surface area (Å²) in [5, 5.41) is 2.80. The Labute approximate surface area is 132 Å². The third-order valence-electron chi connectivity index (χ3n) is 1.87. The Balaban J connectivity index is -0.000000246. The molecule has 0 saturated carbocycles. The van der Waals surface area contributed by atoms with Crippen molar-refractivity contribution in [3.05, 3.63) is 48.3 Å². The van der Waals surface area contributed by atoms with Crippen LogP contribution >= 0.6 is 0 Å². The van der Waals surface area contributed by atoms with Gasteiger partial charge in [0, 0.05) is 25.1 Å². The van der Waals surface area contributed by atoms with Crippen molar-refractivity contribution in [3.63, 3.8) is 0 Å². The molecule has 122 valence electrons. The summed E-state index contributed by atoms with van der Waals surface area (Å²) in [5.41, 5.74) is 7.51. The molecule has 2 aromatic rings. The predicted octanol–water partition coefficient (Wildman–Crippen LogP) is 2.75. The van der Waals surface area contributed by atoms with Crippen LogP contribution in [-0.2, 0) is 9.59 Å². The van der Waals surface area contributed by atoms with Crippen LogP contribution in [0.2, 0.25) is 0 Å². The second-order valence-electron chi connectivity index (χ2n) is 3.23. The fourth-order valence-electron chi connectivity index (χ4n) is 0.995. The third kappa shape index (κ3) is 15.3. The van der Waals surface area contributed by atoms with Crippen molar-refractivity contribution in [2.75, 3.05) is 18.1 Å². The summed E-state index contributed by atoms with van der Waals surface area (Å²) in [7, 11) is 1.79. The lowest BCUT2D eigenvalue weighted by Gasteiger charge is -1.91. The number of nitrogens with zero attached hydrogens (tertiary/aromatic N) is 2. The van der Waals surface area contributed by atoms with Crippen molar-refractivity contribution in [2.45, 2.75) is 20.8 Å². The Morgan fingerprint density at radius 2 is 1.36 bits per heavy atom. The standard InChI is InChI=1S/C7H9N.C5H7N3.C2H6.2CH2O/c1-6-2-4-7(8)5-3-6;1-6-5-7-3-2-4-8-5;3*1-2/h2-5H,8H2,1H3;2-4H,1H3,(H,6,7,8);1-2H3;2*1H2. The minimum Gasteiger partial charge on any atom is -0.399 e. The van der Waals surface area contributed by atoms with Gasteiger partial charge in [-0.15, -0.1) is 0 Å². The summed E-state index contributed by atoms with van der Waals surface area (Å²) in [6, 6.07) is 9.57. The highest BCUT2D eigenvalue weighted by molar-refractivity contribution is 5.38. The molecule has 0 saturated heterocycles. The molecular formula is C16H26N4O2. The first-order valence-electron chi connectivity index (χ1n) is 6.57. The van der Waals surface area contributed by atoms with E-state index in [1.165, 1.54) is 5.56 Å². The van der Waals surface area contributed by atoms with E-state index in [0.717, 1.165) is 5.69 Å². The first-order chi connectivity index (χ1) is 10.7. The van der Waals surface area contributed by atoms with Crippen LogP contribution in [0.1, 0.15) is 19.4 Å². The van der Waals surface area contributed by atoms with E-state index in [4.69, 9.17) is 15.3 Å². The smallest absolute Gasteiger partial charge is 0.222 e. The van der Waals surface area contributed by atoms with Crippen LogP contribution in [0.4, 0.5) is 11.6 Å². The van der Waals surface area contributed by atoms with Crippen LogP contribution in [-0.4, -0.2) is 30.6 Å². The molecule has 2 rings (SSSR count).